The van der Waals surface area contributed by atoms with Gasteiger partial charge in [0.05, 0.1) is 18.1 Å². The van der Waals surface area contributed by atoms with Gasteiger partial charge in [0, 0.05) is 38.3 Å². The van der Waals surface area contributed by atoms with Crippen LogP contribution in [0.2, 0.25) is 0 Å². The largest absolute Gasteiger partial charge is 0.496 e. The summed E-state index contributed by atoms with van der Waals surface area (Å²) in [5, 5.41) is 10.6. The highest BCUT2D eigenvalue weighted by atomic mass is 32.2. The summed E-state index contributed by atoms with van der Waals surface area (Å²) in [5.74, 6) is -0.0117. The minimum absolute atomic E-state index is 0.277. The Labute approximate surface area is 177 Å². The maximum Gasteiger partial charge on any atom is 0.243 e. The zero-order chi connectivity index (χ0) is 21.7. The third-order valence-corrected chi connectivity index (χ3v) is 7.33. The topological polar surface area (TPSA) is 70.1 Å². The summed E-state index contributed by atoms with van der Waals surface area (Å²) in [5.41, 5.74) is 1.52. The van der Waals surface area contributed by atoms with Gasteiger partial charge in [0.2, 0.25) is 10.0 Å². The molecule has 1 unspecified atom stereocenters. The second-order valence-electron chi connectivity index (χ2n) is 7.50. The molecular weight excluding hydrogens is 407 g/mol. The van der Waals surface area contributed by atoms with Crippen LogP contribution in [0.4, 0.5) is 4.39 Å². The van der Waals surface area contributed by atoms with E-state index in [0.29, 0.717) is 42.4 Å². The van der Waals surface area contributed by atoms with Crippen molar-refractivity contribution >= 4 is 10.0 Å². The molecule has 1 N–H and O–H groups in total. The highest BCUT2D eigenvalue weighted by Crippen LogP contribution is 2.27. The van der Waals surface area contributed by atoms with E-state index in [1.54, 1.807) is 12.1 Å². The van der Waals surface area contributed by atoms with Crippen LogP contribution in [0.3, 0.4) is 0 Å². The number of piperazine rings is 1. The average molecular weight is 437 g/mol. The number of halogens is 1. The van der Waals surface area contributed by atoms with Crippen LogP contribution in [0.25, 0.3) is 0 Å². The lowest BCUT2D eigenvalue weighted by Gasteiger charge is -2.35. The van der Waals surface area contributed by atoms with Gasteiger partial charge in [-0.05, 0) is 42.3 Å². The molecule has 8 heteroatoms. The van der Waals surface area contributed by atoms with E-state index >= 15 is 0 Å². The molecule has 0 amide bonds. The Morgan fingerprint density at radius 3 is 2.37 bits per heavy atom. The maximum absolute atomic E-state index is 13.6. The van der Waals surface area contributed by atoms with Crippen LogP contribution < -0.4 is 4.74 Å². The Balaban J connectivity index is 1.61. The number of hydrogen-bond acceptors (Lipinski definition) is 5. The van der Waals surface area contributed by atoms with Crippen LogP contribution in [0.15, 0.2) is 47.4 Å². The van der Waals surface area contributed by atoms with Crippen molar-refractivity contribution in [2.45, 2.75) is 30.8 Å². The van der Waals surface area contributed by atoms with Gasteiger partial charge in [-0.25, -0.2) is 12.8 Å². The van der Waals surface area contributed by atoms with Gasteiger partial charge in [0.15, 0.2) is 0 Å². The normalized spacial score (nSPS) is 17.1. The van der Waals surface area contributed by atoms with Gasteiger partial charge >= 0.3 is 0 Å². The van der Waals surface area contributed by atoms with Crippen molar-refractivity contribution in [3.63, 3.8) is 0 Å². The zero-order valence-corrected chi connectivity index (χ0v) is 18.2. The Bertz CT molecular complexity index is 942. The number of ether oxygens (including phenoxy) is 1. The average Bonchev–Trinajstić information content (AvgIpc) is 2.74. The summed E-state index contributed by atoms with van der Waals surface area (Å²) >= 11 is 0. The molecule has 0 saturated carbocycles. The number of aliphatic hydroxyl groups excluding tert-OH is 1. The number of sulfonamides is 1. The molecule has 30 heavy (non-hydrogen) atoms. The van der Waals surface area contributed by atoms with Crippen molar-refractivity contribution in [3.8, 4) is 5.75 Å². The van der Waals surface area contributed by atoms with Crippen molar-refractivity contribution in [2.24, 2.45) is 0 Å². The fourth-order valence-corrected chi connectivity index (χ4v) is 5.15. The van der Waals surface area contributed by atoms with E-state index in [1.807, 2.05) is 17.0 Å². The molecule has 1 aliphatic rings. The first kappa shape index (κ1) is 22.7. The Kier molecular flexibility index (Phi) is 7.46. The van der Waals surface area contributed by atoms with Crippen LogP contribution in [-0.2, 0) is 16.4 Å². The molecule has 1 aliphatic heterocycles. The molecule has 0 radical (unpaired) electrons. The van der Waals surface area contributed by atoms with Gasteiger partial charge in [-0.3, -0.25) is 4.90 Å². The summed E-state index contributed by atoms with van der Waals surface area (Å²) in [7, 11) is -2.07. The summed E-state index contributed by atoms with van der Waals surface area (Å²) in [6, 6.07) is 11.1. The number of methoxy groups -OCH3 is 1. The molecule has 0 spiro atoms. The van der Waals surface area contributed by atoms with E-state index in [0.717, 1.165) is 18.4 Å². The molecule has 1 heterocycles. The van der Waals surface area contributed by atoms with E-state index < -0.39 is 21.9 Å². The zero-order valence-electron chi connectivity index (χ0n) is 17.4. The van der Waals surface area contributed by atoms with E-state index in [4.69, 9.17) is 4.74 Å². The fourth-order valence-electron chi connectivity index (χ4n) is 3.73. The summed E-state index contributed by atoms with van der Waals surface area (Å²) in [4.78, 5) is 2.28. The van der Waals surface area contributed by atoms with Crippen molar-refractivity contribution in [2.75, 3.05) is 39.8 Å². The third-order valence-electron chi connectivity index (χ3n) is 5.41. The van der Waals surface area contributed by atoms with Gasteiger partial charge < -0.3 is 9.84 Å². The molecular formula is C22H29FN2O4S. The first-order valence-electron chi connectivity index (χ1n) is 10.2. The van der Waals surface area contributed by atoms with E-state index in [-0.39, 0.29) is 6.54 Å². The third kappa shape index (κ3) is 5.18. The lowest BCUT2D eigenvalue weighted by atomic mass is 10.1. The van der Waals surface area contributed by atoms with Crippen LogP contribution >= 0.6 is 0 Å². The molecule has 1 atom stereocenters. The van der Waals surface area contributed by atoms with Crippen LogP contribution in [0.5, 0.6) is 5.75 Å². The lowest BCUT2D eigenvalue weighted by Crippen LogP contribution is -2.49. The van der Waals surface area contributed by atoms with Crippen LogP contribution in [0, 0.1) is 5.82 Å². The number of aryl methyl sites for hydroxylation is 1. The molecule has 3 rings (SSSR count). The maximum atomic E-state index is 13.6. The molecule has 0 bridgehead atoms. The fraction of sp³-hybridized carbons (Fsp3) is 0.455. The Hall–Kier alpha value is -2.00. The van der Waals surface area contributed by atoms with Crippen molar-refractivity contribution in [1.82, 2.24) is 9.21 Å². The van der Waals surface area contributed by atoms with Gasteiger partial charge in [-0.1, -0.05) is 25.5 Å². The summed E-state index contributed by atoms with van der Waals surface area (Å²) in [6.45, 7) is 4.02. The highest BCUT2D eigenvalue weighted by molar-refractivity contribution is 7.89. The SMILES string of the molecule is CCCc1ccc(S(=O)(=O)N2CCN(CC(O)c3cc(F)ccc3OC)CC2)cc1. The van der Waals surface area contributed by atoms with Gasteiger partial charge in [0.25, 0.3) is 0 Å². The second kappa shape index (κ2) is 9.87. The number of hydrogen-bond donors (Lipinski definition) is 1. The highest BCUT2D eigenvalue weighted by Gasteiger charge is 2.29. The number of aliphatic hydroxyl groups is 1. The van der Waals surface area contributed by atoms with Crippen molar-refractivity contribution < 1.29 is 22.7 Å². The second-order valence-corrected chi connectivity index (χ2v) is 9.44. The van der Waals surface area contributed by atoms with Crippen LogP contribution in [-0.4, -0.2) is 62.6 Å². The predicted octanol–water partition coefficient (Wildman–Crippen LogP) is 2.83. The Morgan fingerprint density at radius 1 is 1.10 bits per heavy atom. The molecule has 6 nitrogen and oxygen atoms in total. The summed E-state index contributed by atoms with van der Waals surface area (Å²) < 4.78 is 46.1. The Morgan fingerprint density at radius 2 is 1.77 bits per heavy atom. The molecule has 1 saturated heterocycles. The number of benzene rings is 2. The first-order valence-corrected chi connectivity index (χ1v) is 11.6. The van der Waals surface area contributed by atoms with Gasteiger partial charge in [0.1, 0.15) is 11.6 Å². The van der Waals surface area contributed by atoms with E-state index in [1.165, 1.54) is 29.6 Å². The standard InChI is InChI=1S/C22H29FN2O4S/c1-3-4-17-5-8-19(9-6-17)30(27,28)25-13-11-24(12-14-25)16-21(26)20-15-18(23)7-10-22(20)29-2/h5-10,15,21,26H,3-4,11-14,16H2,1-2H3. The van der Waals surface area contributed by atoms with E-state index in [9.17, 15) is 17.9 Å². The number of nitrogens with zero attached hydrogens (tertiary/aromatic N) is 2. The minimum Gasteiger partial charge on any atom is -0.496 e. The molecule has 0 aliphatic carbocycles. The van der Waals surface area contributed by atoms with E-state index in [2.05, 4.69) is 6.92 Å². The first-order chi connectivity index (χ1) is 14.3. The van der Waals surface area contributed by atoms with Crippen molar-refractivity contribution in [3.05, 3.63) is 59.4 Å². The molecule has 1 fully saturated rings. The van der Waals surface area contributed by atoms with Gasteiger partial charge in [-0.2, -0.15) is 4.31 Å². The lowest BCUT2D eigenvalue weighted by molar-refractivity contribution is 0.0902. The minimum atomic E-state index is -3.54. The number of β-amino-alcohol motifs (C(OH)–C–C–N with tert-alkyl or cyclic N) is 1. The smallest absolute Gasteiger partial charge is 0.243 e. The predicted molar refractivity (Wildman–Crippen MR) is 114 cm³/mol. The monoisotopic (exact) mass is 436 g/mol. The van der Waals surface area contributed by atoms with Crippen LogP contribution in [0.1, 0.15) is 30.6 Å². The molecule has 164 valence electrons. The molecule has 2 aromatic carbocycles. The summed E-state index contributed by atoms with van der Waals surface area (Å²) in [6.07, 6.45) is 1.02. The quantitative estimate of drug-likeness (QED) is 0.689. The van der Waals surface area contributed by atoms with Gasteiger partial charge in [-0.15, -0.1) is 0 Å². The van der Waals surface area contributed by atoms with Crippen molar-refractivity contribution in [1.29, 1.82) is 0 Å². The molecule has 0 aromatic heterocycles. The molecule has 2 aromatic rings. The number of rotatable bonds is 8.